The van der Waals surface area contributed by atoms with E-state index in [0.29, 0.717) is 12.4 Å². The molecule has 2 amide bonds. The van der Waals surface area contributed by atoms with Crippen LogP contribution in [-0.2, 0) is 24.8 Å². The van der Waals surface area contributed by atoms with Gasteiger partial charge in [0.15, 0.2) is 0 Å². The van der Waals surface area contributed by atoms with E-state index in [2.05, 4.69) is 20.0 Å². The Kier molecular flexibility index (Phi) is 5.37. The average Bonchev–Trinajstić information content (AvgIpc) is 3.29. The molecule has 1 atom stereocenters. The third kappa shape index (κ3) is 4.01. The second kappa shape index (κ2) is 7.69. The quantitative estimate of drug-likeness (QED) is 0.865. The van der Waals surface area contributed by atoms with E-state index in [-0.39, 0.29) is 12.1 Å². The van der Waals surface area contributed by atoms with Crippen molar-refractivity contribution in [1.82, 2.24) is 24.2 Å². The molecule has 2 aromatic rings. The Balaban J connectivity index is 1.64. The molecule has 8 nitrogen and oxygen atoms in total. The normalized spacial score (nSPS) is 17.2. The molecule has 0 aromatic carbocycles. The number of urea groups is 1. The lowest BCUT2D eigenvalue weighted by Gasteiger charge is -2.25. The molecule has 2 aromatic heterocycles. The lowest BCUT2D eigenvalue weighted by Crippen LogP contribution is -2.41. The Morgan fingerprint density at radius 3 is 3.04 bits per heavy atom. The third-order valence-corrected chi connectivity index (χ3v) is 4.70. The molecule has 1 aliphatic rings. The Morgan fingerprint density at radius 1 is 1.48 bits per heavy atom. The van der Waals surface area contributed by atoms with Crippen LogP contribution < -0.4 is 5.32 Å². The molecule has 0 spiro atoms. The van der Waals surface area contributed by atoms with Gasteiger partial charge in [0.1, 0.15) is 11.6 Å². The molecule has 1 N–H and O–H groups in total. The topological polar surface area (TPSA) is 77.2 Å². The minimum absolute atomic E-state index is 0.0680. The molecule has 0 unspecified atom stereocenters. The van der Waals surface area contributed by atoms with Gasteiger partial charge in [0.05, 0.1) is 18.3 Å². The summed E-state index contributed by atoms with van der Waals surface area (Å²) in [5.74, 6) is 1.68. The zero-order valence-electron chi connectivity index (χ0n) is 15.1. The molecule has 3 rings (SSSR count). The number of carbonyl (C=O) groups is 1. The van der Waals surface area contributed by atoms with Crippen LogP contribution in [0.1, 0.15) is 24.4 Å². The van der Waals surface area contributed by atoms with Crippen molar-refractivity contribution in [2.75, 3.05) is 25.6 Å². The number of anilines is 1. The summed E-state index contributed by atoms with van der Waals surface area (Å²) in [6.07, 6.45) is 6.52. The van der Waals surface area contributed by atoms with Crippen LogP contribution in [0.3, 0.4) is 0 Å². The lowest BCUT2D eigenvalue weighted by molar-refractivity contribution is 0.200. The molecule has 0 aliphatic carbocycles. The first-order valence-corrected chi connectivity index (χ1v) is 8.65. The van der Waals surface area contributed by atoms with Crippen molar-refractivity contribution < 1.29 is 9.53 Å². The number of nitrogens with zero attached hydrogens (tertiary/aromatic N) is 5. The fourth-order valence-electron chi connectivity index (χ4n) is 3.27. The van der Waals surface area contributed by atoms with Crippen molar-refractivity contribution >= 4 is 11.8 Å². The number of likely N-dealkylation sites (tertiary alicyclic amines) is 1. The maximum atomic E-state index is 12.7. The Hall–Kier alpha value is -2.35. The van der Waals surface area contributed by atoms with Crippen LogP contribution in [0.5, 0.6) is 0 Å². The third-order valence-electron chi connectivity index (χ3n) is 4.70. The average molecular weight is 346 g/mol. The van der Waals surface area contributed by atoms with E-state index in [9.17, 15) is 4.79 Å². The van der Waals surface area contributed by atoms with Gasteiger partial charge in [0.25, 0.3) is 0 Å². The SMILES string of the molecule is COCCc1cc(NC(=O)N2CCC[C@@H]2Cn2ccnc2C)n(C)n1. The fraction of sp³-hybridized carbons (Fsp3) is 0.588. The van der Waals surface area contributed by atoms with Crippen LogP contribution in [-0.4, -0.2) is 56.6 Å². The van der Waals surface area contributed by atoms with Gasteiger partial charge >= 0.3 is 6.03 Å². The van der Waals surface area contributed by atoms with Gasteiger partial charge in [-0.15, -0.1) is 0 Å². The number of rotatable bonds is 6. The maximum Gasteiger partial charge on any atom is 0.323 e. The van der Waals surface area contributed by atoms with E-state index >= 15 is 0 Å². The van der Waals surface area contributed by atoms with Gasteiger partial charge < -0.3 is 14.2 Å². The fourth-order valence-corrected chi connectivity index (χ4v) is 3.27. The standard InChI is InChI=1S/C17H26N6O2/c1-13-18-7-9-22(13)12-15-5-4-8-23(15)17(24)19-16-11-14(6-10-25-3)20-21(16)2/h7,9,11,15H,4-6,8,10,12H2,1-3H3,(H,19,24)/t15-/m1/s1. The first kappa shape index (κ1) is 17.5. The maximum absolute atomic E-state index is 12.7. The molecule has 25 heavy (non-hydrogen) atoms. The highest BCUT2D eigenvalue weighted by Crippen LogP contribution is 2.21. The summed E-state index contributed by atoms with van der Waals surface area (Å²) in [6, 6.07) is 2.03. The highest BCUT2D eigenvalue weighted by atomic mass is 16.5. The summed E-state index contributed by atoms with van der Waals surface area (Å²) < 4.78 is 8.88. The molecule has 0 saturated carbocycles. The van der Waals surface area contributed by atoms with Gasteiger partial charge in [0.2, 0.25) is 0 Å². The second-order valence-corrected chi connectivity index (χ2v) is 6.43. The number of amides is 2. The first-order chi connectivity index (χ1) is 12.1. The molecule has 1 saturated heterocycles. The number of carbonyl (C=O) groups excluding carboxylic acids is 1. The zero-order valence-corrected chi connectivity index (χ0v) is 15.1. The second-order valence-electron chi connectivity index (χ2n) is 6.43. The number of methoxy groups -OCH3 is 1. The number of hydrogen-bond acceptors (Lipinski definition) is 4. The van der Waals surface area contributed by atoms with Crippen molar-refractivity contribution in [3.05, 3.63) is 30.0 Å². The van der Waals surface area contributed by atoms with Crippen LogP contribution in [0, 0.1) is 6.92 Å². The number of imidazole rings is 1. The van der Waals surface area contributed by atoms with Gasteiger partial charge in [-0.3, -0.25) is 10.00 Å². The smallest absolute Gasteiger partial charge is 0.323 e. The summed E-state index contributed by atoms with van der Waals surface area (Å²) in [4.78, 5) is 18.9. The van der Waals surface area contributed by atoms with E-state index < -0.39 is 0 Å². The zero-order chi connectivity index (χ0) is 17.8. The number of aryl methyl sites for hydroxylation is 2. The van der Waals surface area contributed by atoms with Crippen LogP contribution in [0.2, 0.25) is 0 Å². The molecule has 0 bridgehead atoms. The summed E-state index contributed by atoms with van der Waals surface area (Å²) >= 11 is 0. The molecule has 3 heterocycles. The molecule has 136 valence electrons. The molecular formula is C17H26N6O2. The van der Waals surface area contributed by atoms with Crippen molar-refractivity contribution in [2.24, 2.45) is 7.05 Å². The van der Waals surface area contributed by atoms with Crippen molar-refractivity contribution in [2.45, 2.75) is 38.8 Å². The minimum atomic E-state index is -0.0680. The van der Waals surface area contributed by atoms with Crippen molar-refractivity contribution in [1.29, 1.82) is 0 Å². The van der Waals surface area contributed by atoms with Crippen LogP contribution in [0.25, 0.3) is 0 Å². The number of ether oxygens (including phenoxy) is 1. The first-order valence-electron chi connectivity index (χ1n) is 8.65. The van der Waals surface area contributed by atoms with E-state index in [1.54, 1.807) is 18.0 Å². The van der Waals surface area contributed by atoms with Crippen molar-refractivity contribution in [3.63, 3.8) is 0 Å². The summed E-state index contributed by atoms with van der Waals surface area (Å²) in [5.41, 5.74) is 0.909. The predicted molar refractivity (Wildman–Crippen MR) is 94.5 cm³/mol. The van der Waals surface area contributed by atoms with E-state index in [4.69, 9.17) is 4.74 Å². The Labute approximate surface area is 147 Å². The van der Waals surface area contributed by atoms with Crippen LogP contribution in [0.15, 0.2) is 18.5 Å². The highest BCUT2D eigenvalue weighted by molar-refractivity contribution is 5.88. The van der Waals surface area contributed by atoms with Crippen LogP contribution in [0.4, 0.5) is 10.6 Å². The molecule has 1 aliphatic heterocycles. The summed E-state index contributed by atoms with van der Waals surface area (Å²) in [6.45, 7) is 4.15. The van der Waals surface area contributed by atoms with E-state index in [1.807, 2.05) is 31.1 Å². The highest BCUT2D eigenvalue weighted by Gasteiger charge is 2.29. The lowest BCUT2D eigenvalue weighted by atomic mass is 10.2. The number of nitrogens with one attached hydrogen (secondary N) is 1. The van der Waals surface area contributed by atoms with Gasteiger partial charge in [-0.2, -0.15) is 5.10 Å². The van der Waals surface area contributed by atoms with Gasteiger partial charge in [-0.25, -0.2) is 9.78 Å². The Bertz CT molecular complexity index is 723. The number of aromatic nitrogens is 4. The number of hydrogen-bond donors (Lipinski definition) is 1. The van der Waals surface area contributed by atoms with Crippen LogP contribution >= 0.6 is 0 Å². The Morgan fingerprint density at radius 2 is 2.32 bits per heavy atom. The van der Waals surface area contributed by atoms with Gasteiger partial charge in [0, 0.05) is 52.1 Å². The van der Waals surface area contributed by atoms with E-state index in [0.717, 1.165) is 43.9 Å². The molecule has 8 heteroatoms. The summed E-state index contributed by atoms with van der Waals surface area (Å²) in [7, 11) is 3.50. The monoisotopic (exact) mass is 346 g/mol. The summed E-state index contributed by atoms with van der Waals surface area (Å²) in [5, 5.41) is 7.41. The molecule has 0 radical (unpaired) electrons. The largest absolute Gasteiger partial charge is 0.384 e. The molecular weight excluding hydrogens is 320 g/mol. The predicted octanol–water partition coefficient (Wildman–Crippen LogP) is 1.81. The minimum Gasteiger partial charge on any atom is -0.384 e. The molecule has 1 fully saturated rings. The van der Waals surface area contributed by atoms with E-state index in [1.165, 1.54) is 0 Å². The van der Waals surface area contributed by atoms with Crippen molar-refractivity contribution in [3.8, 4) is 0 Å². The van der Waals surface area contributed by atoms with Gasteiger partial charge in [-0.1, -0.05) is 0 Å². The van der Waals surface area contributed by atoms with Gasteiger partial charge in [-0.05, 0) is 19.8 Å².